The van der Waals surface area contributed by atoms with Crippen LogP contribution in [-0.4, -0.2) is 54.4 Å². The third-order valence-electron chi connectivity index (χ3n) is 3.67. The van der Waals surface area contributed by atoms with Crippen LogP contribution in [0, 0.1) is 0 Å². The number of ether oxygens (including phenoxy) is 1. The molecule has 0 aliphatic heterocycles. The maximum atomic E-state index is 11.3. The Morgan fingerprint density at radius 3 is 2.77 bits per heavy atom. The number of nitrogens with zero attached hydrogens (tertiary/aromatic N) is 4. The number of fused-ring (bicyclic) bond motifs is 1. The van der Waals surface area contributed by atoms with Crippen LogP contribution in [0.15, 0.2) is 12.7 Å². The number of hydrogen-bond donors (Lipinski definition) is 4. The van der Waals surface area contributed by atoms with Crippen LogP contribution in [0.1, 0.15) is 32.6 Å². The Bertz CT molecular complexity index is 749. The van der Waals surface area contributed by atoms with Crippen LogP contribution >= 0.6 is 0 Å². The maximum Gasteiger partial charge on any atom is 0.421 e. The third kappa shape index (κ3) is 5.55. The summed E-state index contributed by atoms with van der Waals surface area (Å²) >= 11 is 0. The molecule has 1 amide bonds. The molecule has 0 aliphatic rings. The average Bonchev–Trinajstić information content (AvgIpc) is 3.03. The summed E-state index contributed by atoms with van der Waals surface area (Å²) in [7, 11) is 0. The quantitative estimate of drug-likeness (QED) is 0.353. The van der Waals surface area contributed by atoms with Crippen molar-refractivity contribution in [1.82, 2.24) is 30.4 Å². The van der Waals surface area contributed by atoms with Crippen LogP contribution in [0.2, 0.25) is 0 Å². The van der Waals surface area contributed by atoms with E-state index in [0.29, 0.717) is 24.1 Å². The number of aryl methyl sites for hydroxylation is 1. The zero-order valence-corrected chi connectivity index (χ0v) is 14.4. The van der Waals surface area contributed by atoms with Crippen LogP contribution in [0.3, 0.4) is 0 Å². The molecule has 0 saturated carbocycles. The smallest absolute Gasteiger partial charge is 0.421 e. The standard InChI is InChI=1S/C15H22N6O5/c1-10(14(23)24)19-20-15(25)26-7-5-3-2-4-6-21-9-18-11-12(21)16-8-17-13(11)22/h8-10,19H,2-7H2,1H3,(H,20,25)(H,23,24)(H,16,17,22). The van der Waals surface area contributed by atoms with Crippen molar-refractivity contribution in [3.63, 3.8) is 0 Å². The normalized spacial score (nSPS) is 12.0. The van der Waals surface area contributed by atoms with Gasteiger partial charge < -0.3 is 19.5 Å². The van der Waals surface area contributed by atoms with Crippen LogP contribution in [0.5, 0.6) is 5.88 Å². The minimum Gasteiger partial charge on any atom is -0.492 e. The molecule has 1 unspecified atom stereocenters. The Labute approximate surface area is 149 Å². The monoisotopic (exact) mass is 366 g/mol. The first-order valence-corrected chi connectivity index (χ1v) is 8.25. The first-order valence-electron chi connectivity index (χ1n) is 8.25. The number of amides is 1. The Morgan fingerprint density at radius 2 is 2.00 bits per heavy atom. The van der Waals surface area contributed by atoms with E-state index < -0.39 is 18.1 Å². The summed E-state index contributed by atoms with van der Waals surface area (Å²) in [6, 6.07) is -0.894. The topological polar surface area (TPSA) is 151 Å². The highest BCUT2D eigenvalue weighted by atomic mass is 16.6. The highest BCUT2D eigenvalue weighted by molar-refractivity contribution is 5.75. The van der Waals surface area contributed by atoms with E-state index in [2.05, 4.69) is 25.8 Å². The van der Waals surface area contributed by atoms with Gasteiger partial charge in [0.2, 0.25) is 5.88 Å². The number of imidazole rings is 1. The number of unbranched alkanes of at least 4 members (excludes halogenated alkanes) is 3. The van der Waals surface area contributed by atoms with E-state index in [9.17, 15) is 14.7 Å². The van der Waals surface area contributed by atoms with E-state index in [1.165, 1.54) is 13.3 Å². The number of carbonyl (C=O) groups excluding carboxylic acids is 1. The maximum absolute atomic E-state index is 11.3. The van der Waals surface area contributed by atoms with E-state index in [4.69, 9.17) is 9.84 Å². The fraction of sp³-hybridized carbons (Fsp3) is 0.533. The number of carboxylic acids is 1. The molecule has 26 heavy (non-hydrogen) atoms. The molecule has 1 atom stereocenters. The Balaban J connectivity index is 1.56. The lowest BCUT2D eigenvalue weighted by Gasteiger charge is -2.11. The Hall–Kier alpha value is -2.95. The van der Waals surface area contributed by atoms with E-state index in [0.717, 1.165) is 19.3 Å². The molecule has 4 N–H and O–H groups in total. The number of aliphatic carboxylic acids is 1. The fourth-order valence-electron chi connectivity index (χ4n) is 2.20. The molecule has 0 aliphatic carbocycles. The van der Waals surface area contributed by atoms with Crippen molar-refractivity contribution < 1.29 is 24.5 Å². The fourth-order valence-corrected chi connectivity index (χ4v) is 2.20. The van der Waals surface area contributed by atoms with E-state index in [-0.39, 0.29) is 12.5 Å². The number of aromatic hydroxyl groups is 1. The van der Waals surface area contributed by atoms with Crippen molar-refractivity contribution in [2.45, 2.75) is 45.2 Å². The molecule has 0 bridgehead atoms. The Morgan fingerprint density at radius 1 is 1.23 bits per heavy atom. The molecule has 2 heterocycles. The number of rotatable bonds is 10. The summed E-state index contributed by atoms with van der Waals surface area (Å²) in [5, 5.41) is 18.2. The molecular formula is C15H22N6O5. The SMILES string of the molecule is CC(NNC(=O)OCCCCCCn1cnc2c(O)ncnc21)C(=O)O. The largest absolute Gasteiger partial charge is 0.492 e. The second-order valence-corrected chi connectivity index (χ2v) is 5.69. The molecule has 2 rings (SSSR count). The van der Waals surface area contributed by atoms with Crippen molar-refractivity contribution in [1.29, 1.82) is 0 Å². The van der Waals surface area contributed by atoms with Gasteiger partial charge in [-0.25, -0.2) is 20.2 Å². The predicted octanol–water partition coefficient (Wildman–Crippen LogP) is 0.796. The molecule has 0 saturated heterocycles. The van der Waals surface area contributed by atoms with Gasteiger partial charge in [0.1, 0.15) is 12.4 Å². The van der Waals surface area contributed by atoms with Gasteiger partial charge in [-0.05, 0) is 26.2 Å². The van der Waals surface area contributed by atoms with Gasteiger partial charge in [-0.2, -0.15) is 4.98 Å². The summed E-state index contributed by atoms with van der Waals surface area (Å²) < 4.78 is 6.79. The summed E-state index contributed by atoms with van der Waals surface area (Å²) in [5.41, 5.74) is 5.47. The highest BCUT2D eigenvalue weighted by Crippen LogP contribution is 2.18. The van der Waals surface area contributed by atoms with Gasteiger partial charge in [-0.15, -0.1) is 0 Å². The molecule has 2 aromatic heterocycles. The van der Waals surface area contributed by atoms with Crippen molar-refractivity contribution >= 4 is 23.2 Å². The van der Waals surface area contributed by atoms with E-state index in [1.54, 1.807) is 6.33 Å². The number of hydrogen-bond acceptors (Lipinski definition) is 8. The number of carbonyl (C=O) groups is 2. The molecule has 142 valence electrons. The van der Waals surface area contributed by atoms with Crippen molar-refractivity contribution in [2.24, 2.45) is 0 Å². The van der Waals surface area contributed by atoms with Gasteiger partial charge in [-0.3, -0.25) is 10.2 Å². The van der Waals surface area contributed by atoms with Crippen molar-refractivity contribution in [3.05, 3.63) is 12.7 Å². The van der Waals surface area contributed by atoms with Gasteiger partial charge in [0.15, 0.2) is 11.2 Å². The molecule has 11 heteroatoms. The molecule has 11 nitrogen and oxygen atoms in total. The van der Waals surface area contributed by atoms with Gasteiger partial charge in [0.05, 0.1) is 12.9 Å². The molecule has 2 aromatic rings. The second kappa shape index (κ2) is 9.51. The van der Waals surface area contributed by atoms with Gasteiger partial charge in [0.25, 0.3) is 0 Å². The molecule has 0 radical (unpaired) electrons. The molecule has 0 spiro atoms. The number of nitrogens with one attached hydrogen (secondary N) is 2. The lowest BCUT2D eigenvalue weighted by molar-refractivity contribution is -0.139. The highest BCUT2D eigenvalue weighted by Gasteiger charge is 2.11. The summed E-state index contributed by atoms with van der Waals surface area (Å²) in [6.07, 6.45) is 5.61. The van der Waals surface area contributed by atoms with Gasteiger partial charge >= 0.3 is 12.1 Å². The minimum absolute atomic E-state index is 0.128. The zero-order valence-electron chi connectivity index (χ0n) is 14.4. The average molecular weight is 366 g/mol. The lowest BCUT2D eigenvalue weighted by Crippen LogP contribution is -2.46. The third-order valence-corrected chi connectivity index (χ3v) is 3.67. The zero-order chi connectivity index (χ0) is 18.9. The Kier molecular flexibility index (Phi) is 7.09. The summed E-state index contributed by atoms with van der Waals surface area (Å²) in [4.78, 5) is 33.8. The first-order chi connectivity index (χ1) is 12.5. The summed E-state index contributed by atoms with van der Waals surface area (Å²) in [5.74, 6) is -1.20. The van der Waals surface area contributed by atoms with Gasteiger partial charge in [0, 0.05) is 6.54 Å². The molecule has 0 fully saturated rings. The number of hydrazine groups is 1. The molecule has 0 aromatic carbocycles. The van der Waals surface area contributed by atoms with E-state index in [1.807, 2.05) is 4.57 Å². The number of carboxylic acid groups (broad SMARTS) is 1. The van der Waals surface area contributed by atoms with E-state index >= 15 is 0 Å². The van der Waals surface area contributed by atoms with Crippen molar-refractivity contribution in [2.75, 3.05) is 6.61 Å². The number of aromatic nitrogens is 4. The van der Waals surface area contributed by atoms with Crippen LogP contribution in [0.25, 0.3) is 11.2 Å². The second-order valence-electron chi connectivity index (χ2n) is 5.69. The van der Waals surface area contributed by atoms with Gasteiger partial charge in [-0.1, -0.05) is 6.42 Å². The van der Waals surface area contributed by atoms with Crippen molar-refractivity contribution in [3.8, 4) is 5.88 Å². The minimum atomic E-state index is -1.07. The predicted molar refractivity (Wildman–Crippen MR) is 90.2 cm³/mol. The van der Waals surface area contributed by atoms with Crippen LogP contribution < -0.4 is 10.9 Å². The lowest BCUT2D eigenvalue weighted by atomic mass is 10.2. The summed E-state index contributed by atoms with van der Waals surface area (Å²) in [6.45, 7) is 2.37. The van der Waals surface area contributed by atoms with Crippen LogP contribution in [0.4, 0.5) is 4.79 Å². The first kappa shape index (κ1) is 19.4. The van der Waals surface area contributed by atoms with Crippen LogP contribution in [-0.2, 0) is 16.1 Å². The molecular weight excluding hydrogens is 344 g/mol.